The average molecular weight is 322 g/mol. The molecule has 5 heteroatoms. The highest BCUT2D eigenvalue weighted by Gasteiger charge is 2.39. The number of anilines is 1. The van der Waals surface area contributed by atoms with Crippen molar-refractivity contribution in [3.8, 4) is 5.75 Å². The molecule has 0 fully saturated rings. The van der Waals surface area contributed by atoms with E-state index in [-0.39, 0.29) is 18.1 Å². The SMILES string of the molecule is COc1ccc(N2N=C(C)C(C(=O)Cc3ccccc3)C2=O)cc1. The van der Waals surface area contributed by atoms with Crippen LogP contribution in [0.25, 0.3) is 0 Å². The van der Waals surface area contributed by atoms with E-state index in [9.17, 15) is 9.59 Å². The molecule has 0 spiro atoms. The van der Waals surface area contributed by atoms with E-state index in [1.54, 1.807) is 38.3 Å². The van der Waals surface area contributed by atoms with Crippen molar-refractivity contribution in [1.82, 2.24) is 0 Å². The van der Waals surface area contributed by atoms with Crippen LogP contribution in [0.15, 0.2) is 59.7 Å². The second kappa shape index (κ2) is 6.66. The number of hydrogen-bond acceptors (Lipinski definition) is 4. The third-order valence-corrected chi connectivity index (χ3v) is 3.99. The van der Waals surface area contributed by atoms with Gasteiger partial charge in [0, 0.05) is 6.42 Å². The zero-order valence-electron chi connectivity index (χ0n) is 13.6. The Balaban J connectivity index is 1.78. The first-order chi connectivity index (χ1) is 11.6. The van der Waals surface area contributed by atoms with E-state index in [4.69, 9.17) is 4.74 Å². The molecule has 0 aliphatic carbocycles. The van der Waals surface area contributed by atoms with E-state index >= 15 is 0 Å². The minimum absolute atomic E-state index is 0.136. The van der Waals surface area contributed by atoms with Gasteiger partial charge in [-0.3, -0.25) is 9.59 Å². The minimum Gasteiger partial charge on any atom is -0.497 e. The zero-order chi connectivity index (χ0) is 17.1. The largest absolute Gasteiger partial charge is 0.497 e. The Morgan fingerprint density at radius 2 is 1.79 bits per heavy atom. The number of benzene rings is 2. The number of ketones is 1. The maximum atomic E-state index is 12.7. The van der Waals surface area contributed by atoms with Crippen molar-refractivity contribution in [3.05, 3.63) is 60.2 Å². The van der Waals surface area contributed by atoms with Crippen molar-refractivity contribution in [1.29, 1.82) is 0 Å². The van der Waals surface area contributed by atoms with Crippen molar-refractivity contribution in [2.24, 2.45) is 11.0 Å². The number of carbonyl (C=O) groups is 2. The topological polar surface area (TPSA) is 59.0 Å². The fraction of sp³-hybridized carbons (Fsp3) is 0.211. The van der Waals surface area contributed by atoms with E-state index in [1.807, 2.05) is 30.3 Å². The fourth-order valence-electron chi connectivity index (χ4n) is 2.74. The Morgan fingerprint density at radius 3 is 2.42 bits per heavy atom. The predicted molar refractivity (Wildman–Crippen MR) is 92.2 cm³/mol. The molecule has 0 saturated carbocycles. The highest BCUT2D eigenvalue weighted by atomic mass is 16.5. The zero-order valence-corrected chi connectivity index (χ0v) is 13.6. The summed E-state index contributed by atoms with van der Waals surface area (Å²) in [5.41, 5.74) is 2.04. The van der Waals surface area contributed by atoms with Gasteiger partial charge in [-0.05, 0) is 36.8 Å². The summed E-state index contributed by atoms with van der Waals surface area (Å²) in [7, 11) is 1.58. The van der Waals surface area contributed by atoms with Crippen molar-refractivity contribution in [2.45, 2.75) is 13.3 Å². The minimum atomic E-state index is -0.813. The van der Waals surface area contributed by atoms with E-state index in [0.29, 0.717) is 17.1 Å². The normalized spacial score (nSPS) is 16.9. The number of ether oxygens (including phenoxy) is 1. The molecular formula is C19H18N2O3. The number of amides is 1. The molecule has 24 heavy (non-hydrogen) atoms. The van der Waals surface area contributed by atoms with Gasteiger partial charge in [0.15, 0.2) is 5.78 Å². The second-order valence-corrected chi connectivity index (χ2v) is 5.65. The van der Waals surface area contributed by atoms with Crippen molar-refractivity contribution in [2.75, 3.05) is 12.1 Å². The molecule has 122 valence electrons. The molecule has 1 heterocycles. The van der Waals surface area contributed by atoms with Crippen LogP contribution in [0.5, 0.6) is 5.75 Å². The summed E-state index contributed by atoms with van der Waals surface area (Å²) in [5, 5.41) is 5.57. The Labute approximate surface area is 140 Å². The third-order valence-electron chi connectivity index (χ3n) is 3.99. The van der Waals surface area contributed by atoms with Gasteiger partial charge in [-0.25, -0.2) is 0 Å². The van der Waals surface area contributed by atoms with E-state index in [2.05, 4.69) is 5.10 Å². The predicted octanol–water partition coefficient (Wildman–Crippen LogP) is 2.85. The molecule has 5 nitrogen and oxygen atoms in total. The van der Waals surface area contributed by atoms with Gasteiger partial charge in [-0.15, -0.1) is 0 Å². The molecule has 0 N–H and O–H groups in total. The van der Waals surface area contributed by atoms with Crippen molar-refractivity contribution >= 4 is 23.1 Å². The van der Waals surface area contributed by atoms with Crippen molar-refractivity contribution in [3.63, 3.8) is 0 Å². The van der Waals surface area contributed by atoms with Gasteiger partial charge in [0.1, 0.15) is 11.7 Å². The van der Waals surface area contributed by atoms with Gasteiger partial charge in [0.05, 0.1) is 18.5 Å². The molecule has 0 bridgehead atoms. The van der Waals surface area contributed by atoms with Gasteiger partial charge >= 0.3 is 0 Å². The van der Waals surface area contributed by atoms with Crippen LogP contribution in [0.3, 0.4) is 0 Å². The standard InChI is InChI=1S/C19H18N2O3/c1-13-18(17(22)12-14-6-4-3-5-7-14)19(23)21(20-13)15-8-10-16(24-2)11-9-15/h3-11,18H,12H2,1-2H3. The molecule has 1 unspecified atom stereocenters. The lowest BCUT2D eigenvalue weighted by Crippen LogP contribution is -2.33. The smallest absolute Gasteiger partial charge is 0.263 e. The van der Waals surface area contributed by atoms with Crippen LogP contribution in [-0.4, -0.2) is 24.5 Å². The summed E-state index contributed by atoms with van der Waals surface area (Å²) in [6, 6.07) is 16.4. The Kier molecular flexibility index (Phi) is 4.42. The summed E-state index contributed by atoms with van der Waals surface area (Å²) >= 11 is 0. The second-order valence-electron chi connectivity index (χ2n) is 5.65. The van der Waals surface area contributed by atoms with Crippen LogP contribution in [0.2, 0.25) is 0 Å². The lowest BCUT2D eigenvalue weighted by atomic mass is 9.94. The Hall–Kier alpha value is -2.95. The van der Waals surface area contributed by atoms with E-state index in [0.717, 1.165) is 5.56 Å². The quantitative estimate of drug-likeness (QED) is 0.795. The Morgan fingerprint density at radius 1 is 1.12 bits per heavy atom. The van der Waals surface area contributed by atoms with E-state index in [1.165, 1.54) is 5.01 Å². The van der Waals surface area contributed by atoms with Gasteiger partial charge in [-0.1, -0.05) is 30.3 Å². The molecule has 2 aromatic rings. The molecule has 1 aliphatic rings. The molecule has 1 amide bonds. The lowest BCUT2D eigenvalue weighted by molar-refractivity contribution is -0.128. The number of carbonyl (C=O) groups excluding carboxylic acids is 2. The monoisotopic (exact) mass is 322 g/mol. The first-order valence-corrected chi connectivity index (χ1v) is 7.70. The maximum Gasteiger partial charge on any atom is 0.263 e. The number of hydrazone groups is 1. The van der Waals surface area contributed by atoms with Crippen LogP contribution in [0, 0.1) is 5.92 Å². The first-order valence-electron chi connectivity index (χ1n) is 7.70. The maximum absolute atomic E-state index is 12.7. The van der Waals surface area contributed by atoms with Crippen LogP contribution >= 0.6 is 0 Å². The number of Topliss-reactive ketones (excluding diaryl/α,β-unsaturated/α-hetero) is 1. The number of nitrogens with zero attached hydrogens (tertiary/aromatic N) is 2. The average Bonchev–Trinajstić information content (AvgIpc) is 2.90. The Bertz CT molecular complexity index is 782. The number of rotatable bonds is 5. The van der Waals surface area contributed by atoms with Gasteiger partial charge in [0.2, 0.25) is 0 Å². The molecule has 0 aromatic heterocycles. The number of methoxy groups -OCH3 is 1. The number of hydrogen-bond donors (Lipinski definition) is 0. The molecule has 2 aromatic carbocycles. The van der Waals surface area contributed by atoms with Crippen LogP contribution in [-0.2, 0) is 16.0 Å². The third kappa shape index (κ3) is 3.06. The van der Waals surface area contributed by atoms with Gasteiger partial charge < -0.3 is 4.74 Å². The van der Waals surface area contributed by atoms with Crippen LogP contribution in [0.4, 0.5) is 5.69 Å². The van der Waals surface area contributed by atoms with Crippen molar-refractivity contribution < 1.29 is 14.3 Å². The summed E-state index contributed by atoms with van der Waals surface area (Å²) < 4.78 is 5.11. The van der Waals surface area contributed by atoms with Gasteiger partial charge in [0.25, 0.3) is 5.91 Å². The molecule has 1 atom stereocenters. The fourth-order valence-corrected chi connectivity index (χ4v) is 2.74. The van der Waals surface area contributed by atoms with Crippen LogP contribution < -0.4 is 9.75 Å². The first kappa shape index (κ1) is 15.9. The lowest BCUT2D eigenvalue weighted by Gasteiger charge is -2.14. The molecular weight excluding hydrogens is 304 g/mol. The molecule has 0 saturated heterocycles. The highest BCUT2D eigenvalue weighted by Crippen LogP contribution is 2.26. The summed E-state index contributed by atoms with van der Waals surface area (Å²) in [6.45, 7) is 1.72. The molecule has 3 rings (SSSR count). The summed E-state index contributed by atoms with van der Waals surface area (Å²) in [5.74, 6) is -0.558. The summed E-state index contributed by atoms with van der Waals surface area (Å²) in [6.07, 6.45) is 0.223. The van der Waals surface area contributed by atoms with Crippen LogP contribution in [0.1, 0.15) is 12.5 Å². The highest BCUT2D eigenvalue weighted by molar-refractivity contribution is 6.27. The van der Waals surface area contributed by atoms with E-state index < -0.39 is 5.92 Å². The molecule has 0 radical (unpaired) electrons. The van der Waals surface area contributed by atoms with Gasteiger partial charge in [-0.2, -0.15) is 10.1 Å². The molecule has 1 aliphatic heterocycles. The summed E-state index contributed by atoms with van der Waals surface area (Å²) in [4.78, 5) is 25.2.